The van der Waals surface area contributed by atoms with Crippen molar-refractivity contribution >= 4 is 12.1 Å². The van der Waals surface area contributed by atoms with Gasteiger partial charge in [-0.15, -0.1) is 0 Å². The van der Waals surface area contributed by atoms with Crippen molar-refractivity contribution in [2.24, 2.45) is 0 Å². The van der Waals surface area contributed by atoms with Gasteiger partial charge in [-0.05, 0) is 19.1 Å². The highest BCUT2D eigenvalue weighted by Crippen LogP contribution is 2.09. The number of carbonyl (C=O) groups is 2. The normalized spacial score (nSPS) is 8.92. The molecular formula is C10H7NO2. The molecule has 0 bridgehead atoms. The lowest BCUT2D eigenvalue weighted by atomic mass is 10.0. The van der Waals surface area contributed by atoms with Crippen molar-refractivity contribution in [2.45, 2.75) is 6.92 Å². The minimum atomic E-state index is -0.118. The van der Waals surface area contributed by atoms with E-state index in [9.17, 15) is 9.59 Å². The third kappa shape index (κ3) is 1.79. The highest BCUT2D eigenvalue weighted by Gasteiger charge is 2.04. The predicted molar refractivity (Wildman–Crippen MR) is 46.5 cm³/mol. The first-order valence-electron chi connectivity index (χ1n) is 3.69. The first-order chi connectivity index (χ1) is 6.19. The minimum absolute atomic E-state index is 0.118. The smallest absolute Gasteiger partial charge is 0.159 e. The Bertz CT molecular complexity index is 402. The molecule has 0 spiro atoms. The lowest BCUT2D eigenvalue weighted by molar-refractivity contribution is 0.101. The molecule has 1 rings (SSSR count). The van der Waals surface area contributed by atoms with E-state index in [4.69, 9.17) is 5.26 Å². The van der Waals surface area contributed by atoms with E-state index < -0.39 is 0 Å². The molecule has 0 atom stereocenters. The first kappa shape index (κ1) is 9.14. The molecule has 0 aliphatic carbocycles. The molecule has 0 amide bonds. The van der Waals surface area contributed by atoms with Crippen molar-refractivity contribution < 1.29 is 9.59 Å². The fourth-order valence-electron chi connectivity index (χ4n) is 0.981. The Morgan fingerprint density at radius 1 is 1.54 bits per heavy atom. The third-order valence-electron chi connectivity index (χ3n) is 1.71. The van der Waals surface area contributed by atoms with Gasteiger partial charge in [0.05, 0.1) is 11.6 Å². The van der Waals surface area contributed by atoms with E-state index in [0.717, 1.165) is 0 Å². The standard InChI is InChI=1S/C10H7NO2/c1-7(13)8-2-3-9(5-11)10(4-8)6-12/h2-4,6H,1H3. The van der Waals surface area contributed by atoms with Crippen LogP contribution in [0, 0.1) is 11.3 Å². The summed E-state index contributed by atoms with van der Waals surface area (Å²) in [6, 6.07) is 6.30. The minimum Gasteiger partial charge on any atom is -0.298 e. The number of nitrogens with zero attached hydrogens (tertiary/aromatic N) is 1. The number of rotatable bonds is 2. The van der Waals surface area contributed by atoms with Gasteiger partial charge in [0.2, 0.25) is 0 Å². The lowest BCUT2D eigenvalue weighted by Gasteiger charge is -1.98. The van der Waals surface area contributed by atoms with Gasteiger partial charge >= 0.3 is 0 Å². The molecule has 0 unspecified atom stereocenters. The fraction of sp³-hybridized carbons (Fsp3) is 0.100. The van der Waals surface area contributed by atoms with Crippen molar-refractivity contribution in [3.05, 3.63) is 34.9 Å². The molecule has 0 aliphatic rings. The second-order valence-electron chi connectivity index (χ2n) is 2.59. The van der Waals surface area contributed by atoms with E-state index >= 15 is 0 Å². The van der Waals surface area contributed by atoms with Gasteiger partial charge in [-0.25, -0.2) is 0 Å². The van der Waals surface area contributed by atoms with Crippen LogP contribution < -0.4 is 0 Å². The van der Waals surface area contributed by atoms with Crippen LogP contribution in [0.1, 0.15) is 33.2 Å². The molecule has 0 radical (unpaired) electrons. The molecule has 0 aromatic heterocycles. The summed E-state index contributed by atoms with van der Waals surface area (Å²) in [6.45, 7) is 1.41. The van der Waals surface area contributed by atoms with Crippen molar-refractivity contribution in [2.75, 3.05) is 0 Å². The molecule has 0 heterocycles. The highest BCUT2D eigenvalue weighted by atomic mass is 16.1. The van der Waals surface area contributed by atoms with Crippen molar-refractivity contribution in [3.8, 4) is 6.07 Å². The fourth-order valence-corrected chi connectivity index (χ4v) is 0.981. The van der Waals surface area contributed by atoms with Gasteiger partial charge in [0.15, 0.2) is 12.1 Å². The summed E-state index contributed by atoms with van der Waals surface area (Å²) in [6.07, 6.45) is 0.574. The maximum atomic E-state index is 10.9. The average Bonchev–Trinajstić information content (AvgIpc) is 2.16. The van der Waals surface area contributed by atoms with Crippen LogP contribution in [0.2, 0.25) is 0 Å². The molecule has 0 saturated heterocycles. The van der Waals surface area contributed by atoms with Crippen molar-refractivity contribution in [3.63, 3.8) is 0 Å². The number of ketones is 1. The molecule has 0 aliphatic heterocycles. The van der Waals surface area contributed by atoms with E-state index in [-0.39, 0.29) is 11.3 Å². The second-order valence-corrected chi connectivity index (χ2v) is 2.59. The van der Waals surface area contributed by atoms with Crippen molar-refractivity contribution in [1.29, 1.82) is 5.26 Å². The summed E-state index contributed by atoms with van der Waals surface area (Å²) in [7, 11) is 0. The van der Waals surface area contributed by atoms with Crippen LogP contribution >= 0.6 is 0 Å². The van der Waals surface area contributed by atoms with Gasteiger partial charge < -0.3 is 0 Å². The SMILES string of the molecule is CC(=O)c1ccc(C#N)c(C=O)c1. The number of aldehydes is 1. The second kappa shape index (κ2) is 3.63. The molecule has 3 heteroatoms. The van der Waals surface area contributed by atoms with Gasteiger partial charge in [-0.2, -0.15) is 5.26 Å². The maximum absolute atomic E-state index is 10.9. The van der Waals surface area contributed by atoms with Crippen LogP contribution in [0.25, 0.3) is 0 Å². The molecule has 3 nitrogen and oxygen atoms in total. The summed E-state index contributed by atoms with van der Waals surface area (Å²) in [5, 5.41) is 8.59. The maximum Gasteiger partial charge on any atom is 0.159 e. The average molecular weight is 173 g/mol. The Labute approximate surface area is 75.6 Å². The van der Waals surface area contributed by atoms with E-state index in [1.807, 2.05) is 6.07 Å². The van der Waals surface area contributed by atoms with E-state index in [1.54, 1.807) is 0 Å². The van der Waals surface area contributed by atoms with Crippen molar-refractivity contribution in [1.82, 2.24) is 0 Å². The molecule has 64 valence electrons. The quantitative estimate of drug-likeness (QED) is 0.503. The third-order valence-corrected chi connectivity index (χ3v) is 1.71. The zero-order chi connectivity index (χ0) is 9.84. The highest BCUT2D eigenvalue weighted by molar-refractivity contribution is 5.96. The van der Waals surface area contributed by atoms with E-state index in [2.05, 4.69) is 0 Å². The number of benzene rings is 1. The van der Waals surface area contributed by atoms with Crippen LogP contribution in [-0.4, -0.2) is 12.1 Å². The van der Waals surface area contributed by atoms with Gasteiger partial charge in [-0.1, -0.05) is 6.07 Å². The monoisotopic (exact) mass is 173 g/mol. The number of Topliss-reactive ketones (excluding diaryl/α,β-unsaturated/α-hetero) is 1. The zero-order valence-corrected chi connectivity index (χ0v) is 7.07. The molecule has 0 saturated carbocycles. The number of nitriles is 1. The largest absolute Gasteiger partial charge is 0.298 e. The zero-order valence-electron chi connectivity index (χ0n) is 7.07. The van der Waals surface area contributed by atoms with Gasteiger partial charge in [0.25, 0.3) is 0 Å². The molecule has 0 N–H and O–H groups in total. The molecule has 0 fully saturated rings. The van der Waals surface area contributed by atoms with Crippen LogP contribution in [0.5, 0.6) is 0 Å². The summed E-state index contributed by atoms with van der Waals surface area (Å²) >= 11 is 0. The van der Waals surface area contributed by atoms with Gasteiger partial charge in [0, 0.05) is 11.1 Å². The lowest BCUT2D eigenvalue weighted by Crippen LogP contribution is -1.95. The van der Waals surface area contributed by atoms with E-state index in [0.29, 0.717) is 17.4 Å². The predicted octanol–water partition coefficient (Wildman–Crippen LogP) is 1.57. The molecule has 1 aromatic carbocycles. The summed E-state index contributed by atoms with van der Waals surface area (Å²) in [5.41, 5.74) is 0.997. The Morgan fingerprint density at radius 3 is 2.69 bits per heavy atom. The number of hydrogen-bond donors (Lipinski definition) is 0. The van der Waals surface area contributed by atoms with Gasteiger partial charge in [0.1, 0.15) is 0 Å². The van der Waals surface area contributed by atoms with Crippen LogP contribution in [0.15, 0.2) is 18.2 Å². The van der Waals surface area contributed by atoms with E-state index in [1.165, 1.54) is 25.1 Å². The first-order valence-corrected chi connectivity index (χ1v) is 3.69. The molecule has 1 aromatic rings. The Hall–Kier alpha value is -1.95. The topological polar surface area (TPSA) is 57.9 Å². The summed E-state index contributed by atoms with van der Waals surface area (Å²) in [4.78, 5) is 21.4. The summed E-state index contributed by atoms with van der Waals surface area (Å²) < 4.78 is 0. The summed E-state index contributed by atoms with van der Waals surface area (Å²) in [5.74, 6) is -0.118. The number of hydrogen-bond acceptors (Lipinski definition) is 3. The molecular weight excluding hydrogens is 166 g/mol. The van der Waals surface area contributed by atoms with Crippen LogP contribution in [0.4, 0.5) is 0 Å². The van der Waals surface area contributed by atoms with Crippen LogP contribution in [-0.2, 0) is 0 Å². The Kier molecular flexibility index (Phi) is 2.56. The van der Waals surface area contributed by atoms with Crippen LogP contribution in [0.3, 0.4) is 0 Å². The Morgan fingerprint density at radius 2 is 2.23 bits per heavy atom. The number of carbonyl (C=O) groups excluding carboxylic acids is 2. The van der Waals surface area contributed by atoms with Gasteiger partial charge in [-0.3, -0.25) is 9.59 Å². The Balaban J connectivity index is 3.30. The molecule has 13 heavy (non-hydrogen) atoms.